The van der Waals surface area contributed by atoms with Crippen LogP contribution in [0.4, 0.5) is 0 Å². The van der Waals surface area contributed by atoms with Gasteiger partial charge in [0, 0.05) is 40.1 Å². The first-order valence-corrected chi connectivity index (χ1v) is 11.9. The summed E-state index contributed by atoms with van der Waals surface area (Å²) >= 11 is 7.15. The van der Waals surface area contributed by atoms with Gasteiger partial charge in [-0.15, -0.1) is 11.3 Å². The van der Waals surface area contributed by atoms with E-state index in [2.05, 4.69) is 19.7 Å². The number of rotatable bonds is 5. The van der Waals surface area contributed by atoms with Crippen LogP contribution in [0.25, 0.3) is 21.0 Å². The van der Waals surface area contributed by atoms with E-state index in [-0.39, 0.29) is 15.3 Å². The van der Waals surface area contributed by atoms with Crippen LogP contribution in [0.2, 0.25) is 5.15 Å². The number of nitrogens with one attached hydrogen (secondary N) is 2. The molecule has 0 aromatic carbocycles. The van der Waals surface area contributed by atoms with Gasteiger partial charge in [-0.25, -0.2) is 13.4 Å². The molecule has 1 aliphatic heterocycles. The molecule has 0 bridgehead atoms. The Morgan fingerprint density at radius 3 is 2.97 bits per heavy atom. The molecule has 1 saturated heterocycles. The minimum atomic E-state index is -3.85. The molecule has 5 rings (SSSR count). The van der Waals surface area contributed by atoms with Gasteiger partial charge in [-0.3, -0.25) is 9.78 Å². The zero-order valence-electron chi connectivity index (χ0n) is 15.5. The van der Waals surface area contributed by atoms with Crippen LogP contribution in [-0.2, 0) is 21.4 Å². The summed E-state index contributed by atoms with van der Waals surface area (Å²) in [5.41, 5.74) is 1.77. The maximum absolute atomic E-state index is 12.8. The van der Waals surface area contributed by atoms with Crippen molar-refractivity contribution in [3.63, 3.8) is 0 Å². The highest BCUT2D eigenvalue weighted by atomic mass is 35.5. The highest BCUT2D eigenvalue weighted by molar-refractivity contribution is 7.91. The van der Waals surface area contributed by atoms with Gasteiger partial charge in [0.25, 0.3) is 10.0 Å². The maximum atomic E-state index is 12.8. The first-order valence-electron chi connectivity index (χ1n) is 9.17. The molecule has 1 fully saturated rings. The zero-order chi connectivity index (χ0) is 20.9. The van der Waals surface area contributed by atoms with Crippen LogP contribution in [-0.4, -0.2) is 46.8 Å². The molecule has 11 heteroatoms. The van der Waals surface area contributed by atoms with Crippen LogP contribution in [0.15, 0.2) is 47.1 Å². The van der Waals surface area contributed by atoms with Crippen LogP contribution >= 0.6 is 22.9 Å². The third-order valence-electron chi connectivity index (χ3n) is 5.07. The Labute approximate surface area is 180 Å². The van der Waals surface area contributed by atoms with Gasteiger partial charge in [0.1, 0.15) is 15.4 Å². The number of fused-ring (bicyclic) bond motifs is 2. The second-order valence-corrected chi connectivity index (χ2v) is 10.4. The van der Waals surface area contributed by atoms with E-state index in [9.17, 15) is 13.2 Å². The van der Waals surface area contributed by atoms with Gasteiger partial charge in [0.05, 0.1) is 18.3 Å². The standard InChI is InChI=1S/C19H16ClN5O3S2/c20-18-13-8-17(29-16(13)2-5-22-18)30(27,28)24-14-3-6-25(19(14)26)10-12-7-11-1-4-21-9-15(11)23-12/h1-2,4-5,7-9,14,23-24H,3,6,10H2/t14-/m0/s1. The largest absolute Gasteiger partial charge is 0.356 e. The highest BCUT2D eigenvalue weighted by Crippen LogP contribution is 2.32. The Morgan fingerprint density at radius 2 is 2.17 bits per heavy atom. The molecule has 0 saturated carbocycles. The van der Waals surface area contributed by atoms with Crippen LogP contribution in [0.5, 0.6) is 0 Å². The second kappa shape index (κ2) is 7.31. The number of H-pyrrole nitrogens is 1. The van der Waals surface area contributed by atoms with Crippen molar-refractivity contribution < 1.29 is 13.2 Å². The van der Waals surface area contributed by atoms with Gasteiger partial charge in [-0.1, -0.05) is 11.6 Å². The van der Waals surface area contributed by atoms with E-state index in [1.54, 1.807) is 23.4 Å². The lowest BCUT2D eigenvalue weighted by Crippen LogP contribution is -2.41. The number of likely N-dealkylation sites (tertiary alicyclic amines) is 1. The summed E-state index contributed by atoms with van der Waals surface area (Å²) in [4.78, 5) is 25.7. The van der Waals surface area contributed by atoms with E-state index < -0.39 is 16.1 Å². The summed E-state index contributed by atoms with van der Waals surface area (Å²) in [6, 6.07) is 6.28. The van der Waals surface area contributed by atoms with Crippen LogP contribution in [0.1, 0.15) is 12.1 Å². The van der Waals surface area contributed by atoms with Crippen LogP contribution in [0.3, 0.4) is 0 Å². The van der Waals surface area contributed by atoms with Crippen molar-refractivity contribution in [3.8, 4) is 0 Å². The number of pyridine rings is 2. The van der Waals surface area contributed by atoms with Gasteiger partial charge in [0.15, 0.2) is 0 Å². The van der Waals surface area contributed by atoms with E-state index >= 15 is 0 Å². The fourth-order valence-corrected chi connectivity index (χ4v) is 6.50. The van der Waals surface area contributed by atoms with Crippen molar-refractivity contribution in [1.82, 2.24) is 24.6 Å². The number of aromatic nitrogens is 3. The van der Waals surface area contributed by atoms with Crippen LogP contribution < -0.4 is 4.72 Å². The molecule has 8 nitrogen and oxygen atoms in total. The Kier molecular flexibility index (Phi) is 4.73. The number of halogens is 1. The second-order valence-electron chi connectivity index (χ2n) is 7.06. The molecule has 0 radical (unpaired) electrons. The minimum absolute atomic E-state index is 0.113. The topological polar surface area (TPSA) is 108 Å². The smallest absolute Gasteiger partial charge is 0.250 e. The molecule has 0 unspecified atom stereocenters. The Hall–Kier alpha value is -2.53. The normalized spacial score (nSPS) is 17.4. The predicted molar refractivity (Wildman–Crippen MR) is 115 cm³/mol. The lowest BCUT2D eigenvalue weighted by Gasteiger charge is -2.16. The van der Waals surface area contributed by atoms with Gasteiger partial charge < -0.3 is 9.88 Å². The number of amides is 1. The number of aromatic amines is 1. The van der Waals surface area contributed by atoms with E-state index in [0.717, 1.165) is 32.6 Å². The molecule has 1 aliphatic rings. The van der Waals surface area contributed by atoms with E-state index in [0.29, 0.717) is 24.9 Å². The number of carbonyl (C=O) groups excluding carboxylic acids is 1. The molecule has 5 heterocycles. The van der Waals surface area contributed by atoms with Crippen molar-refractivity contribution in [2.45, 2.75) is 23.2 Å². The monoisotopic (exact) mass is 461 g/mol. The number of hydrogen-bond acceptors (Lipinski definition) is 6. The first-order chi connectivity index (χ1) is 14.4. The lowest BCUT2D eigenvalue weighted by atomic mass is 10.3. The summed E-state index contributed by atoms with van der Waals surface area (Å²) < 4.78 is 29.1. The molecule has 2 N–H and O–H groups in total. The summed E-state index contributed by atoms with van der Waals surface area (Å²) in [5, 5.41) is 1.85. The SMILES string of the molecule is O=C1[C@@H](NS(=O)(=O)c2cc3c(Cl)nccc3s2)CCN1Cc1cc2ccncc2[nH]1. The molecule has 1 amide bonds. The molecule has 4 aromatic rings. The number of sulfonamides is 1. The molecule has 4 aromatic heterocycles. The molecule has 154 valence electrons. The Balaban J connectivity index is 1.32. The van der Waals surface area contributed by atoms with Gasteiger partial charge >= 0.3 is 0 Å². The minimum Gasteiger partial charge on any atom is -0.356 e. The summed E-state index contributed by atoms with van der Waals surface area (Å²) in [5.74, 6) is -0.240. The molecule has 0 aliphatic carbocycles. The van der Waals surface area contributed by atoms with E-state index in [1.165, 1.54) is 12.3 Å². The predicted octanol–water partition coefficient (Wildman–Crippen LogP) is 2.91. The quantitative estimate of drug-likeness (QED) is 0.444. The first kappa shape index (κ1) is 19.4. The van der Waals surface area contributed by atoms with E-state index in [4.69, 9.17) is 11.6 Å². The Morgan fingerprint density at radius 1 is 1.30 bits per heavy atom. The fourth-order valence-electron chi connectivity index (χ4n) is 3.61. The third kappa shape index (κ3) is 3.45. The highest BCUT2D eigenvalue weighted by Gasteiger charge is 2.35. The number of hydrogen-bond donors (Lipinski definition) is 2. The summed E-state index contributed by atoms with van der Waals surface area (Å²) in [6.07, 6.45) is 5.38. The summed E-state index contributed by atoms with van der Waals surface area (Å²) in [7, 11) is -3.85. The molecule has 30 heavy (non-hydrogen) atoms. The van der Waals surface area contributed by atoms with Crippen molar-refractivity contribution in [2.75, 3.05) is 6.54 Å². The van der Waals surface area contributed by atoms with Crippen molar-refractivity contribution in [3.05, 3.63) is 53.7 Å². The average Bonchev–Trinajstić information content (AvgIpc) is 3.41. The van der Waals surface area contributed by atoms with E-state index in [1.807, 2.05) is 12.1 Å². The van der Waals surface area contributed by atoms with Crippen molar-refractivity contribution in [1.29, 1.82) is 0 Å². The zero-order valence-corrected chi connectivity index (χ0v) is 17.9. The van der Waals surface area contributed by atoms with Crippen molar-refractivity contribution >= 4 is 59.9 Å². The number of carbonyl (C=O) groups is 1. The maximum Gasteiger partial charge on any atom is 0.250 e. The fraction of sp³-hybridized carbons (Fsp3) is 0.211. The molecular formula is C19H16ClN5O3S2. The van der Waals surface area contributed by atoms with Crippen LogP contribution in [0, 0.1) is 0 Å². The summed E-state index contributed by atoms with van der Waals surface area (Å²) in [6.45, 7) is 0.859. The Bertz CT molecular complexity index is 1350. The van der Waals surface area contributed by atoms with Gasteiger partial charge in [-0.2, -0.15) is 4.72 Å². The van der Waals surface area contributed by atoms with Gasteiger partial charge in [0.2, 0.25) is 5.91 Å². The molecular weight excluding hydrogens is 446 g/mol. The van der Waals surface area contributed by atoms with Crippen molar-refractivity contribution in [2.24, 2.45) is 0 Å². The number of thiophene rings is 1. The molecule has 1 atom stereocenters. The lowest BCUT2D eigenvalue weighted by molar-refractivity contribution is -0.129. The molecule has 0 spiro atoms. The average molecular weight is 462 g/mol. The number of nitrogens with zero attached hydrogens (tertiary/aromatic N) is 3. The third-order valence-corrected chi connectivity index (χ3v) is 8.42. The van der Waals surface area contributed by atoms with Gasteiger partial charge in [-0.05, 0) is 30.7 Å².